The summed E-state index contributed by atoms with van der Waals surface area (Å²) >= 11 is 0. The van der Waals surface area contributed by atoms with Crippen LogP contribution in [-0.4, -0.2) is 29.9 Å². The summed E-state index contributed by atoms with van der Waals surface area (Å²) in [6.45, 7) is 1.63. The highest BCUT2D eigenvalue weighted by molar-refractivity contribution is 6.02. The van der Waals surface area contributed by atoms with Crippen molar-refractivity contribution >= 4 is 29.4 Å². The van der Waals surface area contributed by atoms with Gasteiger partial charge >= 0.3 is 6.03 Å². The van der Waals surface area contributed by atoms with Crippen molar-refractivity contribution in [2.24, 2.45) is 0 Å². The minimum atomic E-state index is -0.194. The quantitative estimate of drug-likeness (QED) is 0.770. The number of carbonyl (C=O) groups excluding carboxylic acids is 2. The fourth-order valence-electron chi connectivity index (χ4n) is 3.03. The van der Waals surface area contributed by atoms with Gasteiger partial charge < -0.3 is 15.5 Å². The zero-order chi connectivity index (χ0) is 18.9. The summed E-state index contributed by atoms with van der Waals surface area (Å²) in [6.07, 6.45) is 7.78. The maximum atomic E-state index is 12.3. The number of rotatable bonds is 4. The lowest BCUT2D eigenvalue weighted by Crippen LogP contribution is -2.35. The molecule has 1 aliphatic rings. The highest BCUT2D eigenvalue weighted by atomic mass is 16.2. The van der Waals surface area contributed by atoms with E-state index in [4.69, 9.17) is 0 Å². The third kappa shape index (κ3) is 5.99. The molecule has 0 aromatic heterocycles. The standard InChI is InChI=1S/C22H25N3O2/c26-21(15-10-18-8-4-3-5-9-18)23-19-11-13-20(14-12-19)24-22(27)25-16-6-1-2-7-17-25/h3-5,8-15H,1-2,6-7,16-17H2,(H,23,26)(H,24,27)/b15-10+. The number of carbonyl (C=O) groups is 2. The van der Waals surface area contributed by atoms with E-state index in [-0.39, 0.29) is 11.9 Å². The molecule has 5 heteroatoms. The van der Waals surface area contributed by atoms with Crippen LogP contribution in [0.4, 0.5) is 16.2 Å². The Hall–Kier alpha value is -3.08. The monoisotopic (exact) mass is 363 g/mol. The van der Waals surface area contributed by atoms with Gasteiger partial charge in [-0.05, 0) is 48.7 Å². The van der Waals surface area contributed by atoms with E-state index in [1.165, 1.54) is 18.9 Å². The zero-order valence-corrected chi connectivity index (χ0v) is 15.4. The minimum Gasteiger partial charge on any atom is -0.325 e. The number of nitrogens with one attached hydrogen (secondary N) is 2. The molecule has 3 amide bonds. The Kier molecular flexibility index (Phi) is 6.63. The van der Waals surface area contributed by atoms with Gasteiger partial charge in [0.15, 0.2) is 0 Å². The summed E-state index contributed by atoms with van der Waals surface area (Å²) < 4.78 is 0. The van der Waals surface area contributed by atoms with Crippen molar-refractivity contribution in [1.82, 2.24) is 4.90 Å². The predicted octanol–water partition coefficient (Wildman–Crippen LogP) is 4.75. The summed E-state index contributed by atoms with van der Waals surface area (Å²) in [6, 6.07) is 16.8. The number of urea groups is 1. The molecule has 1 aliphatic heterocycles. The summed E-state index contributed by atoms with van der Waals surface area (Å²) in [5.41, 5.74) is 2.38. The highest BCUT2D eigenvalue weighted by Gasteiger charge is 2.15. The summed E-state index contributed by atoms with van der Waals surface area (Å²) in [5, 5.41) is 5.74. The van der Waals surface area contributed by atoms with Crippen LogP contribution in [0.15, 0.2) is 60.7 Å². The van der Waals surface area contributed by atoms with Crippen LogP contribution in [0.5, 0.6) is 0 Å². The molecule has 2 aromatic rings. The van der Waals surface area contributed by atoms with Crippen molar-refractivity contribution in [1.29, 1.82) is 0 Å². The van der Waals surface area contributed by atoms with E-state index in [0.717, 1.165) is 37.2 Å². The Balaban J connectivity index is 1.51. The lowest BCUT2D eigenvalue weighted by molar-refractivity contribution is -0.111. The number of benzene rings is 2. The molecule has 27 heavy (non-hydrogen) atoms. The number of nitrogens with zero attached hydrogens (tertiary/aromatic N) is 1. The molecule has 140 valence electrons. The number of hydrogen-bond donors (Lipinski definition) is 2. The van der Waals surface area contributed by atoms with E-state index in [1.807, 2.05) is 35.2 Å². The Morgan fingerprint density at radius 1 is 0.778 bits per heavy atom. The molecule has 0 atom stereocenters. The van der Waals surface area contributed by atoms with Crippen LogP contribution in [0.2, 0.25) is 0 Å². The van der Waals surface area contributed by atoms with Crippen molar-refractivity contribution in [2.45, 2.75) is 25.7 Å². The maximum Gasteiger partial charge on any atom is 0.321 e. The van der Waals surface area contributed by atoms with Crippen molar-refractivity contribution < 1.29 is 9.59 Å². The predicted molar refractivity (Wildman–Crippen MR) is 110 cm³/mol. The molecule has 5 nitrogen and oxygen atoms in total. The van der Waals surface area contributed by atoms with Crippen molar-refractivity contribution in [3.63, 3.8) is 0 Å². The molecule has 1 fully saturated rings. The van der Waals surface area contributed by atoms with Gasteiger partial charge in [-0.2, -0.15) is 0 Å². The Morgan fingerprint density at radius 2 is 1.37 bits per heavy atom. The molecule has 0 radical (unpaired) electrons. The second-order valence-electron chi connectivity index (χ2n) is 6.64. The van der Waals surface area contributed by atoms with Crippen LogP contribution in [0.25, 0.3) is 6.08 Å². The van der Waals surface area contributed by atoms with E-state index in [0.29, 0.717) is 5.69 Å². The summed E-state index contributed by atoms with van der Waals surface area (Å²) in [4.78, 5) is 26.2. The van der Waals surface area contributed by atoms with Crippen LogP contribution in [0.1, 0.15) is 31.2 Å². The van der Waals surface area contributed by atoms with Crippen LogP contribution in [0, 0.1) is 0 Å². The van der Waals surface area contributed by atoms with Gasteiger partial charge in [-0.25, -0.2) is 4.79 Å². The molecule has 2 aromatic carbocycles. The average Bonchev–Trinajstić information content (AvgIpc) is 2.98. The molecule has 0 aliphatic carbocycles. The molecule has 1 heterocycles. The Labute approximate surface area is 160 Å². The average molecular weight is 363 g/mol. The lowest BCUT2D eigenvalue weighted by atomic mass is 10.2. The second-order valence-corrected chi connectivity index (χ2v) is 6.64. The maximum absolute atomic E-state index is 12.3. The Bertz CT molecular complexity index is 777. The van der Waals surface area contributed by atoms with Gasteiger partial charge in [0.1, 0.15) is 0 Å². The third-order valence-corrected chi connectivity index (χ3v) is 4.52. The normalized spacial score (nSPS) is 14.6. The molecule has 0 bridgehead atoms. The fraction of sp³-hybridized carbons (Fsp3) is 0.273. The molecule has 0 unspecified atom stereocenters. The number of amides is 3. The topological polar surface area (TPSA) is 61.4 Å². The lowest BCUT2D eigenvalue weighted by Gasteiger charge is -2.20. The number of hydrogen-bond acceptors (Lipinski definition) is 2. The molecule has 0 saturated carbocycles. The minimum absolute atomic E-state index is 0.0560. The molecule has 2 N–H and O–H groups in total. The van der Waals surface area contributed by atoms with Gasteiger partial charge in [0.2, 0.25) is 5.91 Å². The van der Waals surface area contributed by atoms with Crippen LogP contribution >= 0.6 is 0 Å². The molecule has 3 rings (SSSR count). The van der Waals surface area contributed by atoms with Gasteiger partial charge in [0, 0.05) is 30.5 Å². The van der Waals surface area contributed by atoms with Crippen molar-refractivity contribution in [3.8, 4) is 0 Å². The molecule has 1 saturated heterocycles. The van der Waals surface area contributed by atoms with E-state index in [9.17, 15) is 9.59 Å². The number of anilines is 2. The zero-order valence-electron chi connectivity index (χ0n) is 15.4. The first-order chi connectivity index (χ1) is 13.2. The molecular weight excluding hydrogens is 338 g/mol. The largest absolute Gasteiger partial charge is 0.325 e. The van der Waals surface area contributed by atoms with Crippen LogP contribution < -0.4 is 10.6 Å². The van der Waals surface area contributed by atoms with Gasteiger partial charge in [-0.15, -0.1) is 0 Å². The first kappa shape index (κ1) is 18.7. The summed E-state index contributed by atoms with van der Waals surface area (Å²) in [7, 11) is 0. The van der Waals surface area contributed by atoms with Gasteiger partial charge in [-0.1, -0.05) is 43.2 Å². The molecular formula is C22H25N3O2. The van der Waals surface area contributed by atoms with Crippen molar-refractivity contribution in [3.05, 3.63) is 66.2 Å². The van der Waals surface area contributed by atoms with Crippen LogP contribution in [-0.2, 0) is 4.79 Å². The highest BCUT2D eigenvalue weighted by Crippen LogP contribution is 2.16. The Morgan fingerprint density at radius 3 is 2.00 bits per heavy atom. The van der Waals surface area contributed by atoms with Crippen molar-refractivity contribution in [2.75, 3.05) is 23.7 Å². The molecule has 0 spiro atoms. The van der Waals surface area contributed by atoms with E-state index < -0.39 is 0 Å². The van der Waals surface area contributed by atoms with E-state index >= 15 is 0 Å². The SMILES string of the molecule is O=C(/C=C/c1ccccc1)Nc1ccc(NC(=O)N2CCCCCC2)cc1. The second kappa shape index (κ2) is 9.57. The fourth-order valence-corrected chi connectivity index (χ4v) is 3.03. The number of likely N-dealkylation sites (tertiary alicyclic amines) is 1. The van der Waals surface area contributed by atoms with Gasteiger partial charge in [0.05, 0.1) is 0 Å². The first-order valence-corrected chi connectivity index (χ1v) is 9.41. The van der Waals surface area contributed by atoms with Gasteiger partial charge in [-0.3, -0.25) is 4.79 Å². The first-order valence-electron chi connectivity index (χ1n) is 9.41. The smallest absolute Gasteiger partial charge is 0.321 e. The van der Waals surface area contributed by atoms with E-state index in [1.54, 1.807) is 30.3 Å². The van der Waals surface area contributed by atoms with E-state index in [2.05, 4.69) is 10.6 Å². The summed E-state index contributed by atoms with van der Waals surface area (Å²) in [5.74, 6) is -0.194. The third-order valence-electron chi connectivity index (χ3n) is 4.52. The van der Waals surface area contributed by atoms with Crippen LogP contribution in [0.3, 0.4) is 0 Å². The van der Waals surface area contributed by atoms with Gasteiger partial charge in [0.25, 0.3) is 0 Å².